The van der Waals surface area contributed by atoms with Crippen LogP contribution in [-0.4, -0.2) is 56.0 Å². The summed E-state index contributed by atoms with van der Waals surface area (Å²) < 4.78 is 6.63. The number of hydrogen-bond acceptors (Lipinski definition) is 8. The van der Waals surface area contributed by atoms with Crippen molar-refractivity contribution in [2.75, 3.05) is 31.4 Å². The molecule has 0 spiro atoms. The third kappa shape index (κ3) is 3.38. The Hall–Kier alpha value is -2.29. The Morgan fingerprint density at radius 3 is 2.60 bits per heavy atom. The Bertz CT molecular complexity index is 554. The van der Waals surface area contributed by atoms with Gasteiger partial charge in [0, 0.05) is 14.2 Å². The van der Waals surface area contributed by atoms with E-state index in [1.807, 2.05) is 13.8 Å². The summed E-state index contributed by atoms with van der Waals surface area (Å²) in [6.07, 6.45) is 2.95. The predicted molar refractivity (Wildman–Crippen MR) is 73.9 cm³/mol. The van der Waals surface area contributed by atoms with E-state index in [4.69, 9.17) is 4.74 Å². The second-order valence-corrected chi connectivity index (χ2v) is 4.81. The van der Waals surface area contributed by atoms with Crippen LogP contribution in [0.5, 0.6) is 0 Å². The molecule has 0 radical (unpaired) electrons. The SMILES string of the molecule is CNc1nc(NC(C)(C)COC)nc(-n2cncn2)n1. The topological polar surface area (TPSA) is 103 Å². The molecule has 0 fully saturated rings. The van der Waals surface area contributed by atoms with Gasteiger partial charge in [-0.1, -0.05) is 0 Å². The Balaban J connectivity index is 2.31. The van der Waals surface area contributed by atoms with Gasteiger partial charge in [-0.2, -0.15) is 24.7 Å². The van der Waals surface area contributed by atoms with Crippen molar-refractivity contribution < 1.29 is 4.74 Å². The van der Waals surface area contributed by atoms with Gasteiger partial charge in [0.1, 0.15) is 12.7 Å². The third-order valence-electron chi connectivity index (χ3n) is 2.43. The van der Waals surface area contributed by atoms with Crippen molar-refractivity contribution in [1.29, 1.82) is 0 Å². The lowest BCUT2D eigenvalue weighted by molar-refractivity contribution is 0.158. The largest absolute Gasteiger partial charge is 0.382 e. The summed E-state index contributed by atoms with van der Waals surface area (Å²) in [7, 11) is 3.39. The van der Waals surface area contributed by atoms with Gasteiger partial charge < -0.3 is 15.4 Å². The standard InChI is InChI=1S/C11H18N8O/c1-11(2,5-20-4)18-9-15-8(12-3)16-10(17-9)19-7-13-6-14-19/h6-7H,5H2,1-4H3,(H2,12,15,16,17,18). The first-order valence-corrected chi connectivity index (χ1v) is 6.10. The van der Waals surface area contributed by atoms with Crippen molar-refractivity contribution in [3.8, 4) is 5.95 Å². The molecule has 2 N–H and O–H groups in total. The van der Waals surface area contributed by atoms with Gasteiger partial charge in [-0.05, 0) is 13.8 Å². The van der Waals surface area contributed by atoms with Crippen molar-refractivity contribution in [2.24, 2.45) is 0 Å². The summed E-state index contributed by atoms with van der Waals surface area (Å²) in [6.45, 7) is 4.51. The molecule has 2 aromatic rings. The van der Waals surface area contributed by atoms with Crippen LogP contribution < -0.4 is 10.6 Å². The number of nitrogens with zero attached hydrogens (tertiary/aromatic N) is 6. The minimum absolute atomic E-state index is 0.305. The van der Waals surface area contributed by atoms with Crippen LogP contribution in [0.4, 0.5) is 11.9 Å². The summed E-state index contributed by atoms with van der Waals surface area (Å²) in [5.74, 6) is 1.27. The molecule has 9 heteroatoms. The Labute approximate surface area is 116 Å². The summed E-state index contributed by atoms with van der Waals surface area (Å²) in [5.41, 5.74) is -0.305. The van der Waals surface area contributed by atoms with E-state index in [1.54, 1.807) is 14.2 Å². The Kier molecular flexibility index (Phi) is 4.08. The number of methoxy groups -OCH3 is 1. The molecule has 0 saturated heterocycles. The maximum Gasteiger partial charge on any atom is 0.258 e. The van der Waals surface area contributed by atoms with Crippen LogP contribution in [0.1, 0.15) is 13.8 Å². The zero-order valence-electron chi connectivity index (χ0n) is 12.0. The first-order valence-electron chi connectivity index (χ1n) is 6.10. The van der Waals surface area contributed by atoms with E-state index in [2.05, 4.69) is 35.7 Å². The van der Waals surface area contributed by atoms with Crippen LogP contribution in [0.3, 0.4) is 0 Å². The first kappa shape index (κ1) is 14.1. The van der Waals surface area contributed by atoms with Crippen LogP contribution in [-0.2, 0) is 4.74 Å². The van der Waals surface area contributed by atoms with E-state index >= 15 is 0 Å². The Morgan fingerprint density at radius 1 is 1.25 bits per heavy atom. The molecule has 0 unspecified atom stereocenters. The van der Waals surface area contributed by atoms with Crippen LogP contribution in [0, 0.1) is 0 Å². The molecule has 0 bridgehead atoms. The molecule has 0 aliphatic rings. The molecule has 2 aromatic heterocycles. The highest BCUT2D eigenvalue weighted by Gasteiger charge is 2.19. The van der Waals surface area contributed by atoms with E-state index in [0.717, 1.165) is 0 Å². The average molecular weight is 278 g/mol. The molecule has 108 valence electrons. The van der Waals surface area contributed by atoms with Gasteiger partial charge in [-0.25, -0.2) is 4.98 Å². The zero-order chi connectivity index (χ0) is 14.6. The van der Waals surface area contributed by atoms with Gasteiger partial charge in [0.2, 0.25) is 11.9 Å². The summed E-state index contributed by atoms with van der Waals surface area (Å²) >= 11 is 0. The molecule has 20 heavy (non-hydrogen) atoms. The van der Waals surface area contributed by atoms with E-state index in [9.17, 15) is 0 Å². The maximum atomic E-state index is 5.16. The van der Waals surface area contributed by atoms with E-state index in [0.29, 0.717) is 24.5 Å². The number of rotatable bonds is 6. The molecule has 9 nitrogen and oxygen atoms in total. The summed E-state index contributed by atoms with van der Waals surface area (Å²) in [5, 5.41) is 10.1. The lowest BCUT2D eigenvalue weighted by Crippen LogP contribution is -2.36. The third-order valence-corrected chi connectivity index (χ3v) is 2.43. The fourth-order valence-electron chi connectivity index (χ4n) is 1.65. The first-order chi connectivity index (χ1) is 9.54. The minimum Gasteiger partial charge on any atom is -0.382 e. The van der Waals surface area contributed by atoms with E-state index in [1.165, 1.54) is 17.3 Å². The summed E-state index contributed by atoms with van der Waals surface area (Å²) in [4.78, 5) is 16.7. The highest BCUT2D eigenvalue weighted by atomic mass is 16.5. The van der Waals surface area contributed by atoms with Crippen molar-refractivity contribution in [1.82, 2.24) is 29.7 Å². The van der Waals surface area contributed by atoms with Crippen LogP contribution in [0.25, 0.3) is 5.95 Å². The van der Waals surface area contributed by atoms with Crippen LogP contribution in [0.15, 0.2) is 12.7 Å². The predicted octanol–water partition coefficient (Wildman–Crippen LogP) is 0.331. The van der Waals surface area contributed by atoms with Gasteiger partial charge in [-0.3, -0.25) is 0 Å². The quantitative estimate of drug-likeness (QED) is 0.779. The van der Waals surface area contributed by atoms with Crippen LogP contribution in [0.2, 0.25) is 0 Å². The van der Waals surface area contributed by atoms with E-state index < -0.39 is 0 Å². The van der Waals surface area contributed by atoms with Gasteiger partial charge in [0.05, 0.1) is 12.1 Å². The Morgan fingerprint density at radius 2 is 2.00 bits per heavy atom. The number of aromatic nitrogens is 6. The summed E-state index contributed by atoms with van der Waals surface area (Å²) in [6, 6.07) is 0. The smallest absolute Gasteiger partial charge is 0.258 e. The highest BCUT2D eigenvalue weighted by Crippen LogP contribution is 2.14. The van der Waals surface area contributed by atoms with Gasteiger partial charge >= 0.3 is 0 Å². The lowest BCUT2D eigenvalue weighted by Gasteiger charge is -2.25. The molecule has 2 heterocycles. The molecule has 0 aliphatic carbocycles. The molecule has 0 aliphatic heterocycles. The number of hydrogen-bond donors (Lipinski definition) is 2. The van der Waals surface area contributed by atoms with Crippen molar-refractivity contribution in [2.45, 2.75) is 19.4 Å². The highest BCUT2D eigenvalue weighted by molar-refractivity contribution is 5.38. The molecular formula is C11H18N8O. The minimum atomic E-state index is -0.305. The number of nitrogens with one attached hydrogen (secondary N) is 2. The molecule has 0 atom stereocenters. The molecular weight excluding hydrogens is 260 g/mol. The van der Waals surface area contributed by atoms with Crippen LogP contribution >= 0.6 is 0 Å². The van der Waals surface area contributed by atoms with E-state index in [-0.39, 0.29) is 5.54 Å². The molecule has 0 aromatic carbocycles. The second-order valence-electron chi connectivity index (χ2n) is 4.81. The van der Waals surface area contributed by atoms with Crippen molar-refractivity contribution >= 4 is 11.9 Å². The van der Waals surface area contributed by atoms with Gasteiger partial charge in [0.25, 0.3) is 5.95 Å². The van der Waals surface area contributed by atoms with Crippen molar-refractivity contribution in [3.63, 3.8) is 0 Å². The molecule has 0 amide bonds. The van der Waals surface area contributed by atoms with Crippen molar-refractivity contribution in [3.05, 3.63) is 12.7 Å². The molecule has 2 rings (SSSR count). The monoisotopic (exact) mass is 278 g/mol. The van der Waals surface area contributed by atoms with Gasteiger partial charge in [-0.15, -0.1) is 0 Å². The fourth-order valence-corrected chi connectivity index (χ4v) is 1.65. The maximum absolute atomic E-state index is 5.16. The normalized spacial score (nSPS) is 11.4. The number of anilines is 2. The molecule has 0 saturated carbocycles. The van der Waals surface area contributed by atoms with Gasteiger partial charge in [0.15, 0.2) is 0 Å². The second kappa shape index (κ2) is 5.78. The zero-order valence-corrected chi connectivity index (χ0v) is 12.0. The number of ether oxygens (including phenoxy) is 1. The average Bonchev–Trinajstić information content (AvgIpc) is 2.91. The fraction of sp³-hybridized carbons (Fsp3) is 0.545. The lowest BCUT2D eigenvalue weighted by atomic mass is 10.1.